The first kappa shape index (κ1) is 26.4. The molecule has 0 amide bonds. The summed E-state index contributed by atoms with van der Waals surface area (Å²) >= 11 is 0. The summed E-state index contributed by atoms with van der Waals surface area (Å²) in [5.41, 5.74) is 3.03. The van der Waals surface area contributed by atoms with Gasteiger partial charge < -0.3 is 20.1 Å². The Morgan fingerprint density at radius 1 is 1.13 bits per heavy atom. The van der Waals surface area contributed by atoms with Gasteiger partial charge in [0.15, 0.2) is 5.96 Å². The number of aryl methyl sites for hydroxylation is 1. The normalized spacial score (nSPS) is 24.2. The third-order valence-electron chi connectivity index (χ3n) is 6.81. The van der Waals surface area contributed by atoms with Crippen molar-refractivity contribution in [3.63, 3.8) is 0 Å². The third kappa shape index (κ3) is 6.81. The number of hydrogen-bond acceptors (Lipinski definition) is 3. The van der Waals surface area contributed by atoms with E-state index in [1.165, 1.54) is 17.5 Å². The van der Waals surface area contributed by atoms with E-state index in [0.29, 0.717) is 5.92 Å². The maximum atomic E-state index is 6.15. The van der Waals surface area contributed by atoms with Gasteiger partial charge in [0.25, 0.3) is 0 Å². The molecule has 2 saturated heterocycles. The van der Waals surface area contributed by atoms with E-state index in [2.05, 4.69) is 67.6 Å². The lowest BCUT2D eigenvalue weighted by atomic mass is 9.72. The first-order valence-corrected chi connectivity index (χ1v) is 11.6. The van der Waals surface area contributed by atoms with Crippen LogP contribution in [-0.4, -0.2) is 52.0 Å². The van der Waals surface area contributed by atoms with Gasteiger partial charge in [-0.2, -0.15) is 0 Å². The van der Waals surface area contributed by atoms with Crippen molar-refractivity contribution in [2.24, 2.45) is 16.3 Å². The highest BCUT2D eigenvalue weighted by molar-refractivity contribution is 14.0. The summed E-state index contributed by atoms with van der Waals surface area (Å²) in [7, 11) is 1.86. The van der Waals surface area contributed by atoms with Crippen LogP contribution in [0, 0.1) is 18.3 Å². The van der Waals surface area contributed by atoms with Crippen molar-refractivity contribution in [1.82, 2.24) is 10.6 Å². The minimum atomic E-state index is 0. The molecule has 2 aliphatic rings. The lowest BCUT2D eigenvalue weighted by Crippen LogP contribution is -2.51. The lowest BCUT2D eigenvalue weighted by molar-refractivity contribution is -0.0835. The van der Waals surface area contributed by atoms with Crippen LogP contribution in [0.25, 0.3) is 0 Å². The van der Waals surface area contributed by atoms with Crippen molar-refractivity contribution in [2.45, 2.75) is 64.9 Å². The summed E-state index contributed by atoms with van der Waals surface area (Å²) in [6.07, 6.45) is 4.69. The molecule has 2 fully saturated rings. The maximum Gasteiger partial charge on any atom is 0.191 e. The summed E-state index contributed by atoms with van der Waals surface area (Å²) in [5.74, 6) is 1.39. The molecule has 5 nitrogen and oxygen atoms in total. The molecule has 2 heterocycles. The van der Waals surface area contributed by atoms with Gasteiger partial charge in [-0.1, -0.05) is 45.0 Å². The van der Waals surface area contributed by atoms with Crippen molar-refractivity contribution in [3.05, 3.63) is 35.4 Å². The Hall–Kier alpha value is -0.860. The van der Waals surface area contributed by atoms with Gasteiger partial charge in [0.2, 0.25) is 0 Å². The highest BCUT2D eigenvalue weighted by atomic mass is 127. The second kappa shape index (κ2) is 11.8. The van der Waals surface area contributed by atoms with E-state index < -0.39 is 0 Å². The zero-order chi connectivity index (χ0) is 21.6. The zero-order valence-electron chi connectivity index (χ0n) is 20.0. The first-order valence-electron chi connectivity index (χ1n) is 11.6. The molecular weight excluding hydrogens is 501 g/mol. The van der Waals surface area contributed by atoms with Crippen LogP contribution in [0.15, 0.2) is 29.3 Å². The van der Waals surface area contributed by atoms with E-state index >= 15 is 0 Å². The quantitative estimate of drug-likeness (QED) is 0.322. The van der Waals surface area contributed by atoms with Gasteiger partial charge in [-0.3, -0.25) is 4.99 Å². The molecule has 2 N–H and O–H groups in total. The first-order chi connectivity index (χ1) is 14.4. The predicted molar refractivity (Wildman–Crippen MR) is 140 cm³/mol. The fourth-order valence-corrected chi connectivity index (χ4v) is 5.18. The Morgan fingerprint density at radius 3 is 2.48 bits per heavy atom. The summed E-state index contributed by atoms with van der Waals surface area (Å²) in [4.78, 5) is 4.51. The fraction of sp³-hybridized carbons (Fsp3) is 0.720. The largest absolute Gasteiger partial charge is 0.381 e. The SMILES string of the molecule is CN=C(NCC1CCCOC1C(C)(C)C)NCC1(c2ccccc2C)CCOCC1.I. The maximum absolute atomic E-state index is 6.15. The molecule has 2 aliphatic heterocycles. The van der Waals surface area contributed by atoms with Gasteiger partial charge in [0.1, 0.15) is 0 Å². The molecule has 31 heavy (non-hydrogen) atoms. The van der Waals surface area contributed by atoms with Crippen molar-refractivity contribution < 1.29 is 9.47 Å². The van der Waals surface area contributed by atoms with Gasteiger partial charge in [-0.05, 0) is 49.1 Å². The van der Waals surface area contributed by atoms with E-state index in [-0.39, 0.29) is 40.9 Å². The average Bonchev–Trinajstić information content (AvgIpc) is 2.74. The van der Waals surface area contributed by atoms with Crippen LogP contribution in [0.1, 0.15) is 57.6 Å². The number of aliphatic imine (C=N–C) groups is 1. The van der Waals surface area contributed by atoms with Gasteiger partial charge in [-0.15, -0.1) is 24.0 Å². The molecule has 0 bridgehead atoms. The van der Waals surface area contributed by atoms with Gasteiger partial charge in [-0.25, -0.2) is 0 Å². The van der Waals surface area contributed by atoms with E-state index in [4.69, 9.17) is 9.47 Å². The molecule has 2 atom stereocenters. The van der Waals surface area contributed by atoms with E-state index in [0.717, 1.165) is 58.1 Å². The Balaban J connectivity index is 0.00000341. The summed E-state index contributed by atoms with van der Waals surface area (Å²) in [6.45, 7) is 13.3. The third-order valence-corrected chi connectivity index (χ3v) is 6.81. The van der Waals surface area contributed by atoms with Crippen LogP contribution in [0.3, 0.4) is 0 Å². The second-order valence-corrected chi connectivity index (χ2v) is 10.1. The average molecular weight is 544 g/mol. The molecule has 2 unspecified atom stereocenters. The number of ether oxygens (including phenoxy) is 2. The molecule has 3 rings (SSSR count). The molecule has 0 spiro atoms. The summed E-state index contributed by atoms with van der Waals surface area (Å²) in [6, 6.07) is 8.78. The van der Waals surface area contributed by atoms with Crippen molar-refractivity contribution >= 4 is 29.9 Å². The number of guanidine groups is 1. The topological polar surface area (TPSA) is 54.9 Å². The lowest BCUT2D eigenvalue weighted by Gasteiger charge is -2.41. The number of nitrogens with one attached hydrogen (secondary N) is 2. The Labute approximate surface area is 206 Å². The predicted octanol–water partition coefficient (Wildman–Crippen LogP) is 4.67. The van der Waals surface area contributed by atoms with Crippen LogP contribution in [0.5, 0.6) is 0 Å². The molecule has 6 heteroatoms. The Morgan fingerprint density at radius 2 is 1.84 bits per heavy atom. The molecule has 0 radical (unpaired) electrons. The van der Waals surface area contributed by atoms with Crippen LogP contribution in [0.4, 0.5) is 0 Å². The smallest absolute Gasteiger partial charge is 0.191 e. The van der Waals surface area contributed by atoms with Gasteiger partial charge >= 0.3 is 0 Å². The molecule has 0 saturated carbocycles. The molecule has 0 aliphatic carbocycles. The van der Waals surface area contributed by atoms with E-state index in [1.54, 1.807) is 0 Å². The van der Waals surface area contributed by atoms with Crippen molar-refractivity contribution in [2.75, 3.05) is 40.0 Å². The van der Waals surface area contributed by atoms with Gasteiger partial charge in [0, 0.05) is 51.3 Å². The molecular formula is C25H42IN3O2. The number of nitrogens with zero attached hydrogens (tertiary/aromatic N) is 1. The van der Waals surface area contributed by atoms with Crippen molar-refractivity contribution in [1.29, 1.82) is 0 Å². The zero-order valence-corrected chi connectivity index (χ0v) is 22.3. The number of halogens is 1. The standard InChI is InChI=1S/C25H41N3O2.HI/c1-19-9-6-7-11-21(19)25(12-15-29-16-13-25)18-28-23(26-5)27-17-20-10-8-14-30-22(20)24(2,3)4;/h6-7,9,11,20,22H,8,10,12-18H2,1-5H3,(H2,26,27,28);1H. The van der Waals surface area contributed by atoms with Gasteiger partial charge in [0.05, 0.1) is 6.10 Å². The highest BCUT2D eigenvalue weighted by Crippen LogP contribution is 2.36. The molecule has 176 valence electrons. The van der Waals surface area contributed by atoms with E-state index in [1.807, 2.05) is 7.05 Å². The number of rotatable bonds is 5. The van der Waals surface area contributed by atoms with Crippen LogP contribution in [0.2, 0.25) is 0 Å². The second-order valence-electron chi connectivity index (χ2n) is 10.1. The van der Waals surface area contributed by atoms with Crippen molar-refractivity contribution in [3.8, 4) is 0 Å². The minimum Gasteiger partial charge on any atom is -0.381 e. The van der Waals surface area contributed by atoms with E-state index in [9.17, 15) is 0 Å². The monoisotopic (exact) mass is 543 g/mol. The number of benzene rings is 1. The van der Waals surface area contributed by atoms with Crippen LogP contribution >= 0.6 is 24.0 Å². The summed E-state index contributed by atoms with van der Waals surface area (Å²) < 4.78 is 11.9. The molecule has 0 aromatic heterocycles. The Kier molecular flexibility index (Phi) is 10.1. The summed E-state index contributed by atoms with van der Waals surface area (Å²) in [5, 5.41) is 7.23. The van der Waals surface area contributed by atoms with Crippen LogP contribution < -0.4 is 10.6 Å². The fourth-order valence-electron chi connectivity index (χ4n) is 5.18. The molecule has 1 aromatic carbocycles. The minimum absolute atomic E-state index is 0. The van der Waals surface area contributed by atoms with Crippen LogP contribution in [-0.2, 0) is 14.9 Å². The highest BCUT2D eigenvalue weighted by Gasteiger charge is 2.37. The number of hydrogen-bond donors (Lipinski definition) is 2. The Bertz CT molecular complexity index is 711. The molecule has 1 aromatic rings.